The topological polar surface area (TPSA) is 68.2 Å². The van der Waals surface area contributed by atoms with Gasteiger partial charge in [-0.25, -0.2) is 9.78 Å². The van der Waals surface area contributed by atoms with Crippen molar-refractivity contribution in [2.24, 2.45) is 0 Å². The molecule has 6 heteroatoms. The zero-order valence-corrected chi connectivity index (χ0v) is 14.7. The first-order chi connectivity index (χ1) is 12.7. The van der Waals surface area contributed by atoms with Crippen LogP contribution in [-0.4, -0.2) is 22.7 Å². The molecule has 0 bridgehead atoms. The van der Waals surface area contributed by atoms with Crippen molar-refractivity contribution in [3.05, 3.63) is 83.9 Å². The first-order valence-corrected chi connectivity index (χ1v) is 8.42. The number of para-hydroxylation sites is 1. The van der Waals surface area contributed by atoms with E-state index in [4.69, 9.17) is 4.74 Å². The van der Waals surface area contributed by atoms with E-state index >= 15 is 0 Å². The molecule has 134 valence electrons. The van der Waals surface area contributed by atoms with Gasteiger partial charge in [-0.2, -0.15) is 0 Å². The molecule has 0 aliphatic rings. The van der Waals surface area contributed by atoms with Crippen molar-refractivity contribution >= 4 is 6.03 Å². The summed E-state index contributed by atoms with van der Waals surface area (Å²) in [6, 6.07) is 15.6. The highest BCUT2D eigenvalue weighted by molar-refractivity contribution is 5.73. The maximum Gasteiger partial charge on any atom is 0.315 e. The number of carbonyl (C=O) groups excluding carboxylic acids is 1. The Bertz CT molecular complexity index is 829. The summed E-state index contributed by atoms with van der Waals surface area (Å²) in [5.74, 6) is 0.765. The second-order valence-electron chi connectivity index (χ2n) is 5.90. The normalized spacial score (nSPS) is 10.3. The molecule has 26 heavy (non-hydrogen) atoms. The van der Waals surface area contributed by atoms with Gasteiger partial charge < -0.3 is 19.9 Å². The van der Waals surface area contributed by atoms with Crippen LogP contribution in [0.25, 0.3) is 0 Å². The first-order valence-electron chi connectivity index (χ1n) is 8.42. The number of hydrogen-bond acceptors (Lipinski definition) is 3. The lowest BCUT2D eigenvalue weighted by atomic mass is 10.1. The van der Waals surface area contributed by atoms with E-state index in [-0.39, 0.29) is 6.03 Å². The van der Waals surface area contributed by atoms with Crippen LogP contribution in [0.4, 0.5) is 4.79 Å². The largest absolute Gasteiger partial charge is 0.496 e. The van der Waals surface area contributed by atoms with Crippen LogP contribution >= 0.6 is 0 Å². The van der Waals surface area contributed by atoms with Gasteiger partial charge in [0.25, 0.3) is 0 Å². The fourth-order valence-electron chi connectivity index (χ4n) is 2.62. The van der Waals surface area contributed by atoms with E-state index in [0.29, 0.717) is 13.1 Å². The summed E-state index contributed by atoms with van der Waals surface area (Å²) in [7, 11) is 1.62. The number of nitrogens with zero attached hydrogens (tertiary/aromatic N) is 2. The van der Waals surface area contributed by atoms with Gasteiger partial charge in [-0.05, 0) is 17.2 Å². The molecule has 0 fully saturated rings. The number of urea groups is 1. The van der Waals surface area contributed by atoms with Gasteiger partial charge >= 0.3 is 6.03 Å². The molecule has 0 atom stereocenters. The van der Waals surface area contributed by atoms with Gasteiger partial charge in [-0.1, -0.05) is 42.5 Å². The molecule has 6 nitrogen and oxygen atoms in total. The molecule has 0 radical (unpaired) electrons. The average molecular weight is 350 g/mol. The molecule has 1 heterocycles. The summed E-state index contributed by atoms with van der Waals surface area (Å²) in [5.41, 5.74) is 3.17. The molecule has 0 spiro atoms. The van der Waals surface area contributed by atoms with Crippen molar-refractivity contribution in [1.82, 2.24) is 20.2 Å². The third-order valence-electron chi connectivity index (χ3n) is 4.03. The summed E-state index contributed by atoms with van der Waals surface area (Å²) >= 11 is 0. The molecule has 2 aromatic carbocycles. The summed E-state index contributed by atoms with van der Waals surface area (Å²) in [6.07, 6.45) is 5.49. The third-order valence-corrected chi connectivity index (χ3v) is 4.03. The number of benzene rings is 2. The van der Waals surface area contributed by atoms with Gasteiger partial charge in [0.1, 0.15) is 5.75 Å². The lowest BCUT2D eigenvalue weighted by Gasteiger charge is -2.11. The lowest BCUT2D eigenvalue weighted by Crippen LogP contribution is -2.34. The molecule has 0 unspecified atom stereocenters. The molecule has 0 saturated heterocycles. The van der Waals surface area contributed by atoms with E-state index in [0.717, 1.165) is 23.4 Å². The maximum atomic E-state index is 12.0. The van der Waals surface area contributed by atoms with Gasteiger partial charge in [0.2, 0.25) is 0 Å². The van der Waals surface area contributed by atoms with Gasteiger partial charge in [-0.3, -0.25) is 0 Å². The van der Waals surface area contributed by atoms with E-state index in [1.807, 2.05) is 47.2 Å². The molecule has 2 amide bonds. The Morgan fingerprint density at radius 3 is 2.50 bits per heavy atom. The number of hydrogen-bond donors (Lipinski definition) is 2. The van der Waals surface area contributed by atoms with Crippen LogP contribution in [0.5, 0.6) is 5.75 Å². The zero-order valence-electron chi connectivity index (χ0n) is 14.7. The first kappa shape index (κ1) is 17.5. The standard InChI is InChI=1S/C20H22N4O2/c1-26-19-5-3-2-4-18(19)13-23-20(25)22-12-16-6-8-17(9-7-16)14-24-11-10-21-15-24/h2-11,15H,12-14H2,1H3,(H2,22,23,25). The highest BCUT2D eigenvalue weighted by Gasteiger charge is 2.05. The van der Waals surface area contributed by atoms with Gasteiger partial charge in [0.15, 0.2) is 0 Å². The van der Waals surface area contributed by atoms with Crippen LogP contribution in [0, 0.1) is 0 Å². The van der Waals surface area contributed by atoms with Crippen LogP contribution < -0.4 is 15.4 Å². The predicted octanol–water partition coefficient (Wildman–Crippen LogP) is 2.94. The smallest absolute Gasteiger partial charge is 0.315 e. The molecule has 3 rings (SSSR count). The number of ether oxygens (including phenoxy) is 1. The number of amides is 2. The SMILES string of the molecule is COc1ccccc1CNC(=O)NCc1ccc(Cn2ccnc2)cc1. The predicted molar refractivity (Wildman–Crippen MR) is 99.8 cm³/mol. The minimum atomic E-state index is -0.210. The number of carbonyl (C=O) groups is 1. The summed E-state index contributed by atoms with van der Waals surface area (Å²) in [5, 5.41) is 5.71. The Hall–Kier alpha value is -3.28. The van der Waals surface area contributed by atoms with Gasteiger partial charge in [-0.15, -0.1) is 0 Å². The highest BCUT2D eigenvalue weighted by atomic mass is 16.5. The van der Waals surface area contributed by atoms with E-state index in [9.17, 15) is 4.79 Å². The number of imidazole rings is 1. The van der Waals surface area contributed by atoms with Crippen molar-refractivity contribution < 1.29 is 9.53 Å². The molecular formula is C20H22N4O2. The molecule has 0 saturated carbocycles. The number of methoxy groups -OCH3 is 1. The third kappa shape index (κ3) is 4.86. The Labute approximate surface area is 152 Å². The van der Waals surface area contributed by atoms with Crippen LogP contribution in [0.3, 0.4) is 0 Å². The number of aromatic nitrogens is 2. The van der Waals surface area contributed by atoms with E-state index in [1.165, 1.54) is 5.56 Å². The monoisotopic (exact) mass is 350 g/mol. The van der Waals surface area contributed by atoms with E-state index in [1.54, 1.807) is 19.6 Å². The summed E-state index contributed by atoms with van der Waals surface area (Å²) in [4.78, 5) is 16.0. The summed E-state index contributed by atoms with van der Waals surface area (Å²) < 4.78 is 7.29. The quantitative estimate of drug-likeness (QED) is 0.688. The molecule has 1 aromatic heterocycles. The number of nitrogens with one attached hydrogen (secondary N) is 2. The van der Waals surface area contributed by atoms with Crippen LogP contribution in [0.15, 0.2) is 67.3 Å². The molecular weight excluding hydrogens is 328 g/mol. The zero-order chi connectivity index (χ0) is 18.2. The molecule has 0 aliphatic heterocycles. The Morgan fingerprint density at radius 2 is 1.77 bits per heavy atom. The van der Waals surface area contributed by atoms with E-state index < -0.39 is 0 Å². The second kappa shape index (κ2) is 8.71. The Morgan fingerprint density at radius 1 is 1.04 bits per heavy atom. The second-order valence-corrected chi connectivity index (χ2v) is 5.90. The van der Waals surface area contributed by atoms with E-state index in [2.05, 4.69) is 27.8 Å². The molecule has 0 aliphatic carbocycles. The minimum Gasteiger partial charge on any atom is -0.496 e. The maximum absolute atomic E-state index is 12.0. The highest BCUT2D eigenvalue weighted by Crippen LogP contribution is 2.16. The molecule has 3 aromatic rings. The van der Waals surface area contributed by atoms with Gasteiger partial charge in [0, 0.05) is 37.6 Å². The average Bonchev–Trinajstić information content (AvgIpc) is 3.19. The summed E-state index contributed by atoms with van der Waals surface area (Å²) in [6.45, 7) is 1.68. The van der Waals surface area contributed by atoms with Crippen LogP contribution in [0.2, 0.25) is 0 Å². The van der Waals surface area contributed by atoms with Crippen molar-refractivity contribution in [1.29, 1.82) is 0 Å². The van der Waals surface area contributed by atoms with Crippen molar-refractivity contribution in [3.8, 4) is 5.75 Å². The Kier molecular flexibility index (Phi) is 5.88. The fourth-order valence-corrected chi connectivity index (χ4v) is 2.62. The van der Waals surface area contributed by atoms with Crippen LogP contribution in [-0.2, 0) is 19.6 Å². The van der Waals surface area contributed by atoms with Crippen molar-refractivity contribution in [2.75, 3.05) is 7.11 Å². The van der Waals surface area contributed by atoms with Crippen molar-refractivity contribution in [3.63, 3.8) is 0 Å². The Balaban J connectivity index is 1.45. The minimum absolute atomic E-state index is 0.210. The van der Waals surface area contributed by atoms with Gasteiger partial charge in [0.05, 0.1) is 13.4 Å². The fraction of sp³-hybridized carbons (Fsp3) is 0.200. The number of rotatable bonds is 7. The lowest BCUT2D eigenvalue weighted by molar-refractivity contribution is 0.240. The van der Waals surface area contributed by atoms with Crippen LogP contribution in [0.1, 0.15) is 16.7 Å². The molecule has 2 N–H and O–H groups in total. The van der Waals surface area contributed by atoms with Crippen molar-refractivity contribution in [2.45, 2.75) is 19.6 Å².